The van der Waals surface area contributed by atoms with Crippen molar-refractivity contribution >= 4 is 11.9 Å². The number of amides is 1. The molecule has 1 aromatic rings. The molecule has 96 valence electrons. The standard InChI is InChI=1S/C13H15NO4/c1-8-9-4-2-3-5-10(9)18-12(8)13(17)14-7-6-11(15)16/h2-5,8,12H,6-7H2,1H3,(H,14,17)(H,15,16)/t8-,12-/m0/s1. The number of carbonyl (C=O) groups is 2. The fraction of sp³-hybridized carbons (Fsp3) is 0.385. The van der Waals surface area contributed by atoms with Crippen LogP contribution in [-0.2, 0) is 9.59 Å². The zero-order chi connectivity index (χ0) is 13.1. The number of carboxylic acids is 1. The highest BCUT2D eigenvalue weighted by Crippen LogP contribution is 2.37. The van der Waals surface area contributed by atoms with E-state index >= 15 is 0 Å². The van der Waals surface area contributed by atoms with Gasteiger partial charge in [0.2, 0.25) is 0 Å². The number of aliphatic carboxylic acids is 1. The van der Waals surface area contributed by atoms with E-state index in [9.17, 15) is 9.59 Å². The van der Waals surface area contributed by atoms with Gasteiger partial charge in [0.05, 0.1) is 6.42 Å². The van der Waals surface area contributed by atoms with Crippen molar-refractivity contribution in [2.45, 2.75) is 25.4 Å². The summed E-state index contributed by atoms with van der Waals surface area (Å²) in [7, 11) is 0. The first-order chi connectivity index (χ1) is 8.59. The molecule has 0 aromatic heterocycles. The van der Waals surface area contributed by atoms with Crippen LogP contribution in [0.4, 0.5) is 0 Å². The Labute approximate surface area is 105 Å². The van der Waals surface area contributed by atoms with E-state index in [0.29, 0.717) is 0 Å². The van der Waals surface area contributed by atoms with Crippen LogP contribution >= 0.6 is 0 Å². The molecule has 0 bridgehead atoms. The summed E-state index contributed by atoms with van der Waals surface area (Å²) in [5.41, 5.74) is 1.01. The van der Waals surface area contributed by atoms with E-state index in [-0.39, 0.29) is 24.8 Å². The van der Waals surface area contributed by atoms with Gasteiger partial charge in [-0.05, 0) is 6.07 Å². The van der Waals surface area contributed by atoms with Crippen molar-refractivity contribution in [3.63, 3.8) is 0 Å². The molecule has 0 fully saturated rings. The van der Waals surface area contributed by atoms with Crippen LogP contribution in [0.1, 0.15) is 24.8 Å². The number of benzene rings is 1. The lowest BCUT2D eigenvalue weighted by atomic mass is 9.97. The maximum absolute atomic E-state index is 11.9. The first kappa shape index (κ1) is 12.4. The molecule has 2 rings (SSSR count). The fourth-order valence-electron chi connectivity index (χ4n) is 2.04. The molecule has 18 heavy (non-hydrogen) atoms. The number of para-hydroxylation sites is 1. The van der Waals surface area contributed by atoms with E-state index in [1.165, 1.54) is 0 Å². The van der Waals surface area contributed by atoms with Crippen molar-refractivity contribution in [1.29, 1.82) is 0 Å². The summed E-state index contributed by atoms with van der Waals surface area (Å²) >= 11 is 0. The van der Waals surface area contributed by atoms with Crippen LogP contribution in [0.25, 0.3) is 0 Å². The van der Waals surface area contributed by atoms with Gasteiger partial charge in [-0.1, -0.05) is 25.1 Å². The molecule has 0 saturated heterocycles. The molecule has 2 atom stereocenters. The fourth-order valence-corrected chi connectivity index (χ4v) is 2.04. The molecule has 1 heterocycles. The molecule has 1 aromatic carbocycles. The average Bonchev–Trinajstić information content (AvgIpc) is 2.67. The summed E-state index contributed by atoms with van der Waals surface area (Å²) < 4.78 is 5.58. The Kier molecular flexibility index (Phi) is 3.50. The normalized spacial score (nSPS) is 20.9. The number of nitrogens with one attached hydrogen (secondary N) is 1. The summed E-state index contributed by atoms with van der Waals surface area (Å²) in [4.78, 5) is 22.2. The average molecular weight is 249 g/mol. The Morgan fingerprint density at radius 1 is 1.39 bits per heavy atom. The van der Waals surface area contributed by atoms with Gasteiger partial charge in [0.15, 0.2) is 6.10 Å². The summed E-state index contributed by atoms with van der Waals surface area (Å²) in [5, 5.41) is 11.1. The van der Waals surface area contributed by atoms with Gasteiger partial charge >= 0.3 is 5.97 Å². The Balaban J connectivity index is 1.96. The molecule has 1 amide bonds. The summed E-state index contributed by atoms with van der Waals surface area (Å²) in [6.07, 6.45) is -0.657. The number of fused-ring (bicyclic) bond motifs is 1. The molecule has 0 unspecified atom stereocenters. The molecule has 0 radical (unpaired) electrons. The maximum Gasteiger partial charge on any atom is 0.305 e. The monoisotopic (exact) mass is 249 g/mol. The van der Waals surface area contributed by atoms with E-state index in [1.54, 1.807) is 0 Å². The predicted molar refractivity (Wildman–Crippen MR) is 64.5 cm³/mol. The second-order valence-electron chi connectivity index (χ2n) is 4.30. The van der Waals surface area contributed by atoms with Crippen LogP contribution in [0.3, 0.4) is 0 Å². The van der Waals surface area contributed by atoms with E-state index < -0.39 is 12.1 Å². The molecule has 0 spiro atoms. The Bertz CT molecular complexity index is 472. The van der Waals surface area contributed by atoms with Gasteiger partial charge < -0.3 is 15.2 Å². The summed E-state index contributed by atoms with van der Waals surface area (Å²) in [5.74, 6) is -0.492. The van der Waals surface area contributed by atoms with Crippen LogP contribution in [-0.4, -0.2) is 29.6 Å². The van der Waals surface area contributed by atoms with Crippen LogP contribution in [0, 0.1) is 0 Å². The lowest BCUT2D eigenvalue weighted by Crippen LogP contribution is -2.39. The quantitative estimate of drug-likeness (QED) is 0.839. The number of carboxylic acid groups (broad SMARTS) is 1. The first-order valence-electron chi connectivity index (χ1n) is 5.84. The minimum absolute atomic E-state index is 0.0222. The van der Waals surface area contributed by atoms with Crippen LogP contribution in [0.2, 0.25) is 0 Å². The maximum atomic E-state index is 11.9. The Morgan fingerprint density at radius 3 is 2.78 bits per heavy atom. The third kappa shape index (κ3) is 2.45. The molecule has 5 nitrogen and oxygen atoms in total. The minimum Gasteiger partial charge on any atom is -0.481 e. The summed E-state index contributed by atoms with van der Waals surface area (Å²) in [6, 6.07) is 7.53. The third-order valence-corrected chi connectivity index (χ3v) is 3.01. The van der Waals surface area contributed by atoms with Crippen molar-refractivity contribution < 1.29 is 19.4 Å². The predicted octanol–water partition coefficient (Wildman–Crippen LogP) is 1.14. The number of ether oxygens (including phenoxy) is 1. The van der Waals surface area contributed by atoms with E-state index in [0.717, 1.165) is 11.3 Å². The molecular weight excluding hydrogens is 234 g/mol. The number of hydrogen-bond acceptors (Lipinski definition) is 3. The molecular formula is C13H15NO4. The first-order valence-corrected chi connectivity index (χ1v) is 5.84. The van der Waals surface area contributed by atoms with Crippen molar-refractivity contribution in [3.05, 3.63) is 29.8 Å². The van der Waals surface area contributed by atoms with E-state index in [1.807, 2.05) is 31.2 Å². The number of carbonyl (C=O) groups excluding carboxylic acids is 1. The van der Waals surface area contributed by atoms with Crippen molar-refractivity contribution in [3.8, 4) is 5.75 Å². The number of rotatable bonds is 4. The second-order valence-corrected chi connectivity index (χ2v) is 4.30. The zero-order valence-corrected chi connectivity index (χ0v) is 10.1. The lowest BCUT2D eigenvalue weighted by Gasteiger charge is -2.14. The topological polar surface area (TPSA) is 75.6 Å². The number of hydrogen-bond donors (Lipinski definition) is 2. The largest absolute Gasteiger partial charge is 0.481 e. The van der Waals surface area contributed by atoms with Gasteiger partial charge in [-0.25, -0.2) is 0 Å². The minimum atomic E-state index is -0.932. The third-order valence-electron chi connectivity index (χ3n) is 3.01. The molecule has 2 N–H and O–H groups in total. The van der Waals surface area contributed by atoms with Gasteiger partial charge in [-0.2, -0.15) is 0 Å². The van der Waals surface area contributed by atoms with Gasteiger partial charge in [-0.3, -0.25) is 9.59 Å². The smallest absolute Gasteiger partial charge is 0.305 e. The zero-order valence-electron chi connectivity index (χ0n) is 10.1. The van der Waals surface area contributed by atoms with E-state index in [2.05, 4.69) is 5.32 Å². The summed E-state index contributed by atoms with van der Waals surface area (Å²) in [6.45, 7) is 2.05. The molecule has 5 heteroatoms. The van der Waals surface area contributed by atoms with Crippen molar-refractivity contribution in [2.24, 2.45) is 0 Å². The van der Waals surface area contributed by atoms with Gasteiger partial charge in [-0.15, -0.1) is 0 Å². The SMILES string of the molecule is C[C@H]1c2ccccc2O[C@@H]1C(=O)NCCC(=O)O. The van der Waals surface area contributed by atoms with Gasteiger partial charge in [0.25, 0.3) is 5.91 Å². The highest BCUT2D eigenvalue weighted by atomic mass is 16.5. The highest BCUT2D eigenvalue weighted by molar-refractivity contribution is 5.83. The lowest BCUT2D eigenvalue weighted by molar-refractivity contribution is -0.137. The second kappa shape index (κ2) is 5.08. The Hall–Kier alpha value is -2.04. The van der Waals surface area contributed by atoms with Crippen LogP contribution in [0.5, 0.6) is 5.75 Å². The van der Waals surface area contributed by atoms with Crippen molar-refractivity contribution in [2.75, 3.05) is 6.54 Å². The molecule has 0 aliphatic carbocycles. The molecule has 0 saturated carbocycles. The van der Waals surface area contributed by atoms with Crippen LogP contribution in [0.15, 0.2) is 24.3 Å². The molecule has 1 aliphatic heterocycles. The highest BCUT2D eigenvalue weighted by Gasteiger charge is 2.35. The van der Waals surface area contributed by atoms with Crippen LogP contribution < -0.4 is 10.1 Å². The Morgan fingerprint density at radius 2 is 2.11 bits per heavy atom. The molecule has 1 aliphatic rings. The van der Waals surface area contributed by atoms with Gasteiger partial charge in [0, 0.05) is 18.0 Å². The van der Waals surface area contributed by atoms with Gasteiger partial charge in [0.1, 0.15) is 5.75 Å². The van der Waals surface area contributed by atoms with Crippen molar-refractivity contribution in [1.82, 2.24) is 5.32 Å². The van der Waals surface area contributed by atoms with E-state index in [4.69, 9.17) is 9.84 Å².